The van der Waals surface area contributed by atoms with Crippen molar-refractivity contribution in [2.24, 2.45) is 5.92 Å². The molecule has 2 heterocycles. The summed E-state index contributed by atoms with van der Waals surface area (Å²) in [6.45, 7) is 3.11. The number of rotatable bonds is 4. The molecule has 160 valence electrons. The molecule has 0 unspecified atom stereocenters. The highest BCUT2D eigenvalue weighted by molar-refractivity contribution is 6.31. The van der Waals surface area contributed by atoms with E-state index in [4.69, 9.17) is 11.6 Å². The molecular formula is C23H22ClFN4O2. The molecule has 0 saturated carbocycles. The summed E-state index contributed by atoms with van der Waals surface area (Å²) >= 11 is 6.21. The zero-order valence-electron chi connectivity index (χ0n) is 17.0. The first-order chi connectivity index (χ1) is 14.9. The van der Waals surface area contributed by atoms with E-state index in [1.165, 1.54) is 35.0 Å². The molecule has 1 aliphatic rings. The number of nitrogens with one attached hydrogen (secondary N) is 1. The molecule has 2 aromatic carbocycles. The van der Waals surface area contributed by atoms with Crippen LogP contribution in [0.15, 0.2) is 59.4 Å². The third kappa shape index (κ3) is 4.77. The summed E-state index contributed by atoms with van der Waals surface area (Å²) in [4.78, 5) is 27.1. The summed E-state index contributed by atoms with van der Waals surface area (Å²) in [6.07, 6.45) is 1.56. The highest BCUT2D eigenvalue weighted by Gasteiger charge is 2.27. The number of nitrogens with zero attached hydrogens (tertiary/aromatic N) is 3. The van der Waals surface area contributed by atoms with Gasteiger partial charge in [-0.3, -0.25) is 9.59 Å². The summed E-state index contributed by atoms with van der Waals surface area (Å²) in [7, 11) is 0. The Balaban J connectivity index is 1.52. The molecule has 1 atom stereocenters. The zero-order valence-corrected chi connectivity index (χ0v) is 17.8. The quantitative estimate of drug-likeness (QED) is 0.660. The van der Waals surface area contributed by atoms with Gasteiger partial charge in [-0.2, -0.15) is 4.68 Å². The number of benzene rings is 2. The summed E-state index contributed by atoms with van der Waals surface area (Å²) in [5, 5.41) is 7.93. The molecule has 1 fully saturated rings. The van der Waals surface area contributed by atoms with Crippen molar-refractivity contribution in [1.29, 1.82) is 0 Å². The van der Waals surface area contributed by atoms with Crippen molar-refractivity contribution in [2.75, 3.05) is 23.3 Å². The molecule has 1 N–H and O–H groups in total. The van der Waals surface area contributed by atoms with Crippen molar-refractivity contribution in [3.05, 3.63) is 81.4 Å². The van der Waals surface area contributed by atoms with Crippen molar-refractivity contribution >= 4 is 29.0 Å². The number of carbonyl (C=O) groups is 1. The molecule has 31 heavy (non-hydrogen) atoms. The number of halogens is 2. The van der Waals surface area contributed by atoms with E-state index in [9.17, 15) is 14.0 Å². The van der Waals surface area contributed by atoms with E-state index in [-0.39, 0.29) is 23.2 Å². The van der Waals surface area contributed by atoms with Crippen LogP contribution in [-0.2, 0) is 4.79 Å². The standard InChI is InChI=1S/C23H22ClFN4O2/c1-15-4-9-19(13-20(15)24)29-22(30)11-10-21(27-29)28-12-2-3-16(14-28)23(31)26-18-7-5-17(25)6-8-18/h4-11,13,16H,2-3,12,14H2,1H3,(H,26,31)/t16-/m1/s1. The Kier molecular flexibility index (Phi) is 6.04. The topological polar surface area (TPSA) is 67.2 Å². The van der Waals surface area contributed by atoms with Crippen LogP contribution in [0.3, 0.4) is 0 Å². The van der Waals surface area contributed by atoms with Crippen LogP contribution < -0.4 is 15.8 Å². The van der Waals surface area contributed by atoms with Gasteiger partial charge < -0.3 is 10.2 Å². The lowest BCUT2D eigenvalue weighted by Gasteiger charge is -2.32. The van der Waals surface area contributed by atoms with Crippen molar-refractivity contribution in [3.63, 3.8) is 0 Å². The highest BCUT2D eigenvalue weighted by Crippen LogP contribution is 2.24. The van der Waals surface area contributed by atoms with Gasteiger partial charge in [-0.1, -0.05) is 17.7 Å². The molecular weight excluding hydrogens is 419 g/mol. The first kappa shape index (κ1) is 21.1. The normalized spacial score (nSPS) is 16.2. The minimum atomic E-state index is -0.349. The van der Waals surface area contributed by atoms with E-state index in [1.54, 1.807) is 18.2 Å². The van der Waals surface area contributed by atoms with E-state index in [0.717, 1.165) is 24.9 Å². The number of hydrogen-bond acceptors (Lipinski definition) is 4. The molecule has 6 nitrogen and oxygen atoms in total. The maximum atomic E-state index is 13.1. The molecule has 1 aromatic heterocycles. The Morgan fingerprint density at radius 2 is 1.94 bits per heavy atom. The zero-order chi connectivity index (χ0) is 22.0. The first-order valence-corrected chi connectivity index (χ1v) is 10.5. The predicted octanol–water partition coefficient (Wildman–Crippen LogP) is 4.19. The Labute approximate surface area is 184 Å². The van der Waals surface area contributed by atoms with Crippen molar-refractivity contribution in [1.82, 2.24) is 9.78 Å². The Morgan fingerprint density at radius 1 is 1.16 bits per heavy atom. The van der Waals surface area contributed by atoms with Crippen LogP contribution in [-0.4, -0.2) is 28.8 Å². The van der Waals surface area contributed by atoms with Gasteiger partial charge in [0.25, 0.3) is 5.56 Å². The van der Waals surface area contributed by atoms with Crippen LogP contribution in [0.2, 0.25) is 5.02 Å². The second-order valence-corrected chi connectivity index (χ2v) is 8.06. The fourth-order valence-corrected chi connectivity index (χ4v) is 3.82. The van der Waals surface area contributed by atoms with Crippen LogP contribution in [0.5, 0.6) is 0 Å². The van der Waals surface area contributed by atoms with Gasteiger partial charge in [-0.25, -0.2) is 4.39 Å². The maximum absolute atomic E-state index is 13.1. The third-order valence-corrected chi connectivity index (χ3v) is 5.82. The van der Waals surface area contributed by atoms with Crippen molar-refractivity contribution in [3.8, 4) is 5.69 Å². The lowest BCUT2D eigenvalue weighted by molar-refractivity contribution is -0.120. The average Bonchev–Trinajstić information content (AvgIpc) is 2.78. The van der Waals surface area contributed by atoms with E-state index < -0.39 is 0 Å². The molecule has 0 spiro atoms. The summed E-state index contributed by atoms with van der Waals surface area (Å²) in [5.74, 6) is -0.0850. The number of aromatic nitrogens is 2. The van der Waals surface area contributed by atoms with E-state index >= 15 is 0 Å². The lowest BCUT2D eigenvalue weighted by Crippen LogP contribution is -2.41. The number of carbonyl (C=O) groups excluding carboxylic acids is 1. The van der Waals surface area contributed by atoms with Crippen LogP contribution in [0.4, 0.5) is 15.9 Å². The fourth-order valence-electron chi connectivity index (χ4n) is 3.65. The highest BCUT2D eigenvalue weighted by atomic mass is 35.5. The van der Waals surface area contributed by atoms with Crippen LogP contribution in [0.25, 0.3) is 5.69 Å². The molecule has 1 aliphatic heterocycles. The molecule has 1 amide bonds. The van der Waals surface area contributed by atoms with E-state index in [0.29, 0.717) is 28.8 Å². The molecule has 8 heteroatoms. The minimum absolute atomic E-state index is 0.116. The van der Waals surface area contributed by atoms with Crippen molar-refractivity contribution < 1.29 is 9.18 Å². The molecule has 1 saturated heterocycles. The number of amides is 1. The SMILES string of the molecule is Cc1ccc(-n2nc(N3CCC[C@@H](C(=O)Nc4ccc(F)cc4)C3)ccc2=O)cc1Cl. The molecule has 0 bridgehead atoms. The second-order valence-electron chi connectivity index (χ2n) is 7.66. The summed E-state index contributed by atoms with van der Waals surface area (Å²) in [5.41, 5.74) is 1.81. The Morgan fingerprint density at radius 3 is 2.68 bits per heavy atom. The van der Waals surface area contributed by atoms with Gasteiger partial charge in [0.05, 0.1) is 11.6 Å². The monoisotopic (exact) mass is 440 g/mol. The third-order valence-electron chi connectivity index (χ3n) is 5.41. The van der Waals surface area contributed by atoms with Gasteiger partial charge in [0.15, 0.2) is 0 Å². The van der Waals surface area contributed by atoms with Gasteiger partial charge in [0, 0.05) is 29.9 Å². The van der Waals surface area contributed by atoms with E-state index in [1.807, 2.05) is 17.9 Å². The van der Waals surface area contributed by atoms with Crippen LogP contribution in [0, 0.1) is 18.7 Å². The average molecular weight is 441 g/mol. The van der Waals surface area contributed by atoms with E-state index in [2.05, 4.69) is 10.4 Å². The predicted molar refractivity (Wildman–Crippen MR) is 120 cm³/mol. The molecule has 0 aliphatic carbocycles. The Bertz CT molecular complexity index is 1160. The van der Waals surface area contributed by atoms with Gasteiger partial charge in [0.1, 0.15) is 11.6 Å². The van der Waals surface area contributed by atoms with Gasteiger partial charge in [0.2, 0.25) is 5.91 Å². The number of piperidine rings is 1. The summed E-state index contributed by atoms with van der Waals surface area (Å²) in [6, 6.07) is 14.2. The maximum Gasteiger partial charge on any atom is 0.271 e. The first-order valence-electron chi connectivity index (χ1n) is 10.1. The van der Waals surface area contributed by atoms with Crippen molar-refractivity contribution in [2.45, 2.75) is 19.8 Å². The smallest absolute Gasteiger partial charge is 0.271 e. The van der Waals surface area contributed by atoms with Gasteiger partial charge >= 0.3 is 0 Å². The van der Waals surface area contributed by atoms with Gasteiger partial charge in [-0.15, -0.1) is 5.10 Å². The van der Waals surface area contributed by atoms with Gasteiger partial charge in [-0.05, 0) is 67.8 Å². The molecule has 4 rings (SSSR count). The van der Waals surface area contributed by atoms with Crippen LogP contribution in [0.1, 0.15) is 18.4 Å². The second kappa shape index (κ2) is 8.89. The molecule has 0 radical (unpaired) electrons. The Hall–Kier alpha value is -3.19. The van der Waals surface area contributed by atoms with Crippen LogP contribution >= 0.6 is 11.6 Å². The lowest BCUT2D eigenvalue weighted by atomic mass is 9.97. The molecule has 3 aromatic rings. The largest absolute Gasteiger partial charge is 0.354 e. The fraction of sp³-hybridized carbons (Fsp3) is 0.261. The number of hydrogen-bond donors (Lipinski definition) is 1. The number of anilines is 2. The summed E-state index contributed by atoms with van der Waals surface area (Å²) < 4.78 is 14.4. The number of aryl methyl sites for hydroxylation is 1. The minimum Gasteiger partial charge on any atom is -0.354 e.